The molecule has 0 unspecified atom stereocenters. The molecule has 0 heterocycles. The van der Waals surface area contributed by atoms with Gasteiger partial charge in [0.05, 0.1) is 0 Å². The van der Waals surface area contributed by atoms with Crippen molar-refractivity contribution in [1.82, 2.24) is 0 Å². The smallest absolute Gasteiger partial charge is 0.303 e. The van der Waals surface area contributed by atoms with Gasteiger partial charge in [-0.2, -0.15) is 0 Å². The van der Waals surface area contributed by atoms with Gasteiger partial charge in [0, 0.05) is 6.42 Å². The summed E-state index contributed by atoms with van der Waals surface area (Å²) in [5, 5.41) is 3.51. The summed E-state index contributed by atoms with van der Waals surface area (Å²) in [6.45, 7) is 1.64. The molecule has 0 fully saturated rings. The van der Waals surface area contributed by atoms with Crippen LogP contribution in [0.15, 0.2) is 0 Å². The molecular weight excluding hydrogens is 68.0 g/mol. The monoisotopic (exact) mass is 76.0 g/mol. The number of hydrogen-bond acceptors (Lipinski definition) is 2. The van der Waals surface area contributed by atoms with Crippen LogP contribution in [0.25, 0.3) is 1.43 Å². The summed E-state index contributed by atoms with van der Waals surface area (Å²) in [4.78, 5) is 9.77. The molecule has 0 saturated carbocycles. The van der Waals surface area contributed by atoms with Crippen molar-refractivity contribution in [2.75, 3.05) is 0 Å². The van der Waals surface area contributed by atoms with Gasteiger partial charge in [-0.1, -0.05) is 6.92 Å². The Morgan fingerprint density at radius 1 is 2.40 bits per heavy atom. The normalized spacial score (nSPS) is 9.40. The number of carbonyl (C=O) groups is 1. The van der Waals surface area contributed by atoms with Gasteiger partial charge in [-0.15, -0.1) is 0 Å². The maximum Gasteiger partial charge on any atom is 0.303 e. The average molecular weight is 76.1 g/mol. The largest absolute Gasteiger partial charge is 0.481 e. The van der Waals surface area contributed by atoms with Crippen LogP contribution >= 0.6 is 0 Å². The van der Waals surface area contributed by atoms with Crippen molar-refractivity contribution in [3.8, 4) is 0 Å². The fraction of sp³-hybridized carbons (Fsp3) is 0.667. The van der Waals surface area contributed by atoms with E-state index in [4.69, 9.17) is 1.43 Å². The van der Waals surface area contributed by atoms with Crippen LogP contribution in [0.2, 0.25) is 0 Å². The van der Waals surface area contributed by atoms with E-state index in [9.17, 15) is 4.79 Å². The van der Waals surface area contributed by atoms with E-state index in [2.05, 4.69) is 5.11 Å². The second-order valence-electron chi connectivity index (χ2n) is 0.726. The number of carboxylic acid groups (broad SMARTS) is 1. The summed E-state index contributed by atoms with van der Waals surface area (Å²) in [7, 11) is 0. The van der Waals surface area contributed by atoms with Gasteiger partial charge in [0.1, 0.15) is 0 Å². The Labute approximate surface area is 31.9 Å². The third-order valence-corrected chi connectivity index (χ3v) is 0.289. The lowest BCUT2D eigenvalue weighted by atomic mass is 10.5. The molecule has 0 aliphatic carbocycles. The SMILES string of the molecule is [3H]OC(=O)CC. The van der Waals surface area contributed by atoms with Gasteiger partial charge in [0.15, 0.2) is 0 Å². The lowest BCUT2D eigenvalue weighted by Crippen LogP contribution is -1.86. The van der Waals surface area contributed by atoms with E-state index in [1.54, 1.807) is 6.92 Å². The molecule has 0 spiro atoms. The lowest BCUT2D eigenvalue weighted by Gasteiger charge is -1.71. The fourth-order valence-corrected chi connectivity index (χ4v) is 0. The fourth-order valence-electron chi connectivity index (χ4n) is 0. The zero-order chi connectivity index (χ0) is 4.99. The third-order valence-electron chi connectivity index (χ3n) is 0.289. The van der Waals surface area contributed by atoms with Gasteiger partial charge in [0.25, 0.3) is 1.43 Å². The molecule has 30 valence electrons. The first-order chi connectivity index (χ1) is 2.81. The van der Waals surface area contributed by atoms with E-state index in [1.807, 2.05) is 0 Å². The van der Waals surface area contributed by atoms with Gasteiger partial charge in [-0.25, -0.2) is 0 Å². The molecule has 0 aromatic heterocycles. The Bertz CT molecular complexity index is 46.8. The molecule has 0 rings (SSSR count). The molecule has 0 aliphatic heterocycles. The van der Waals surface area contributed by atoms with E-state index >= 15 is 0 Å². The highest BCUT2D eigenvalue weighted by Gasteiger charge is 1.80. The second-order valence-corrected chi connectivity index (χ2v) is 0.726. The van der Waals surface area contributed by atoms with E-state index < -0.39 is 5.97 Å². The van der Waals surface area contributed by atoms with E-state index in [1.165, 1.54) is 0 Å². The minimum absolute atomic E-state index is 0.281. The van der Waals surface area contributed by atoms with Crippen LogP contribution < -0.4 is 0 Å². The Morgan fingerprint density at radius 2 is 3.00 bits per heavy atom. The van der Waals surface area contributed by atoms with Crippen molar-refractivity contribution in [2.45, 2.75) is 13.3 Å². The highest BCUT2D eigenvalue weighted by molar-refractivity contribution is 5.66. The molecule has 2 nitrogen and oxygen atoms in total. The standard InChI is InChI=1S/C3H6O2/c1-2-3(4)5/h2H2,1H3,(H,4,5)/i/hT. The minimum atomic E-state index is -0.491. The number of carboxylic acids is 1. The van der Waals surface area contributed by atoms with Crippen LogP contribution in [-0.2, 0) is 4.79 Å². The maximum atomic E-state index is 9.77. The first-order valence-corrected chi connectivity index (χ1v) is 1.47. The Morgan fingerprint density at radius 3 is 3.00 bits per heavy atom. The van der Waals surface area contributed by atoms with Gasteiger partial charge in [-0.05, 0) is 0 Å². The Kier molecular flexibility index (Phi) is 0.947. The molecule has 0 aromatic carbocycles. The van der Waals surface area contributed by atoms with E-state index in [0.717, 1.165) is 0 Å². The summed E-state index contributed by atoms with van der Waals surface area (Å²) in [6.07, 6.45) is 0.281. The first kappa shape index (κ1) is 2.69. The lowest BCUT2D eigenvalue weighted by molar-refractivity contribution is -0.136. The van der Waals surface area contributed by atoms with Crippen molar-refractivity contribution in [3.63, 3.8) is 0 Å². The Balaban J connectivity index is 2.99. The molecule has 0 aromatic rings. The van der Waals surface area contributed by atoms with Crippen LogP contribution in [0.4, 0.5) is 0 Å². The predicted molar refractivity (Wildman–Crippen MR) is 17.9 cm³/mol. The number of aliphatic carboxylic acids is 1. The average Bonchev–Trinajstić information content (AvgIpc) is 1.65. The summed E-state index contributed by atoms with van der Waals surface area (Å²) < 4.78 is 5.96. The predicted octanol–water partition coefficient (Wildman–Crippen LogP) is 0.481. The number of rotatable bonds is 1. The topological polar surface area (TPSA) is 37.3 Å². The molecule has 0 aliphatic rings. The van der Waals surface area contributed by atoms with Crippen molar-refractivity contribution in [3.05, 3.63) is 0 Å². The van der Waals surface area contributed by atoms with Crippen molar-refractivity contribution < 1.29 is 9.90 Å². The highest BCUT2D eigenvalue weighted by atomic mass is 16.4. The molecule has 0 bridgehead atoms. The molecule has 0 atom stereocenters. The zero-order valence-electron chi connectivity index (χ0n) is 4.02. The van der Waals surface area contributed by atoms with Gasteiger partial charge in [0.2, 0.25) is 0 Å². The molecule has 5 heavy (non-hydrogen) atoms. The summed E-state index contributed by atoms with van der Waals surface area (Å²) in [6, 6.07) is 0. The van der Waals surface area contributed by atoms with Crippen LogP contribution in [-0.4, -0.2) is 11.1 Å². The third kappa shape index (κ3) is 3.47. The summed E-state index contributed by atoms with van der Waals surface area (Å²) in [5.41, 5.74) is 0. The minimum Gasteiger partial charge on any atom is -0.481 e. The second kappa shape index (κ2) is 1.76. The van der Waals surface area contributed by atoms with Crippen molar-refractivity contribution in [1.29, 1.82) is 1.43 Å². The molecule has 1 N–H and O–H groups in total. The van der Waals surface area contributed by atoms with Crippen molar-refractivity contribution >= 4 is 5.97 Å². The molecule has 0 amide bonds. The highest BCUT2D eigenvalue weighted by Crippen LogP contribution is 1.67. The zero-order valence-corrected chi connectivity index (χ0v) is 3.02. The van der Waals surface area contributed by atoms with E-state index in [-0.39, 0.29) is 6.42 Å². The number of hydrogen-bond donors (Lipinski definition) is 1. The van der Waals surface area contributed by atoms with E-state index in [0.29, 0.717) is 0 Å². The molecule has 2 heteroatoms. The maximum absolute atomic E-state index is 9.77. The quantitative estimate of drug-likeness (QED) is 0.493. The first-order valence-electron chi connectivity index (χ1n) is 1.88. The van der Waals surface area contributed by atoms with Gasteiger partial charge in [-0.3, -0.25) is 4.79 Å². The van der Waals surface area contributed by atoms with Crippen LogP contribution in [0.1, 0.15) is 13.3 Å². The Hall–Kier alpha value is -0.530. The van der Waals surface area contributed by atoms with Crippen LogP contribution in [0, 0.1) is 0 Å². The van der Waals surface area contributed by atoms with Gasteiger partial charge < -0.3 is 5.11 Å². The summed E-state index contributed by atoms with van der Waals surface area (Å²) >= 11 is 0. The van der Waals surface area contributed by atoms with Gasteiger partial charge >= 0.3 is 5.97 Å². The molecule has 0 radical (unpaired) electrons. The molecular formula is C3H6O2. The van der Waals surface area contributed by atoms with Crippen LogP contribution in [0.5, 0.6) is 0 Å². The summed E-state index contributed by atoms with van der Waals surface area (Å²) in [5.74, 6) is -0.491. The van der Waals surface area contributed by atoms with Crippen molar-refractivity contribution in [2.24, 2.45) is 0 Å². The molecule has 0 saturated heterocycles. The van der Waals surface area contributed by atoms with Crippen LogP contribution in [0.3, 0.4) is 0 Å².